The lowest BCUT2D eigenvalue weighted by molar-refractivity contribution is 0.0342. The van der Waals surface area contributed by atoms with Gasteiger partial charge in [-0.2, -0.15) is 0 Å². The van der Waals surface area contributed by atoms with Gasteiger partial charge >= 0.3 is 0 Å². The molecule has 0 aliphatic carbocycles. The Labute approximate surface area is 220 Å². The maximum Gasteiger partial charge on any atom is 0.270 e. The third-order valence-electron chi connectivity index (χ3n) is 6.57. The highest BCUT2D eigenvalue weighted by Crippen LogP contribution is 2.29. The Morgan fingerprint density at radius 3 is 2.63 bits per heavy atom. The van der Waals surface area contributed by atoms with Crippen LogP contribution in [0.25, 0.3) is 0 Å². The van der Waals surface area contributed by atoms with Gasteiger partial charge < -0.3 is 19.6 Å². The molecule has 1 saturated heterocycles. The highest BCUT2D eigenvalue weighted by atomic mass is 19.1. The average Bonchev–Trinajstić information content (AvgIpc) is 3.44. The number of hydrogen-bond acceptors (Lipinski definition) is 8. The van der Waals surface area contributed by atoms with Crippen LogP contribution in [0.15, 0.2) is 53.7 Å². The van der Waals surface area contributed by atoms with E-state index in [1.807, 2.05) is 0 Å². The molecule has 2 aromatic carbocycles. The van der Waals surface area contributed by atoms with E-state index in [1.165, 1.54) is 18.7 Å². The minimum atomic E-state index is -0.458. The Bertz CT molecular complexity index is 1330. The zero-order chi connectivity index (χ0) is 26.5. The molecule has 2 aliphatic heterocycles. The number of hydrogen-bond donors (Lipinski definition) is 1. The number of rotatable bonds is 8. The molecule has 1 amide bonds. The van der Waals surface area contributed by atoms with E-state index in [2.05, 4.69) is 49.6 Å². The SMILES string of the molecule is COc1cc(CNC(=O)c2cc(C3=NOC(c4ccc(CN5CCOCC5)cc4)C3)nc(C)n2)ccc1F. The van der Waals surface area contributed by atoms with Crippen molar-refractivity contribution >= 4 is 11.6 Å². The predicted octanol–water partition coefficient (Wildman–Crippen LogP) is 3.56. The number of carbonyl (C=O) groups is 1. The third-order valence-corrected chi connectivity index (χ3v) is 6.57. The number of methoxy groups -OCH3 is 1. The summed E-state index contributed by atoms with van der Waals surface area (Å²) in [4.78, 5) is 29.7. The molecule has 1 aromatic heterocycles. The summed E-state index contributed by atoms with van der Waals surface area (Å²) in [6.45, 7) is 6.28. The molecular weight excluding hydrogens is 489 g/mol. The third kappa shape index (κ3) is 6.15. The number of aryl methyl sites for hydroxylation is 1. The number of nitrogens with one attached hydrogen (secondary N) is 1. The molecule has 0 spiro atoms. The van der Waals surface area contributed by atoms with Gasteiger partial charge in [0.25, 0.3) is 5.91 Å². The summed E-state index contributed by atoms with van der Waals surface area (Å²) < 4.78 is 24.1. The first kappa shape index (κ1) is 25.7. The summed E-state index contributed by atoms with van der Waals surface area (Å²) in [6.07, 6.45) is 0.318. The molecule has 5 rings (SSSR count). The van der Waals surface area contributed by atoms with Gasteiger partial charge in [-0.25, -0.2) is 14.4 Å². The zero-order valence-electron chi connectivity index (χ0n) is 21.4. The molecule has 1 atom stereocenters. The largest absolute Gasteiger partial charge is 0.494 e. The van der Waals surface area contributed by atoms with Crippen LogP contribution in [0.3, 0.4) is 0 Å². The van der Waals surface area contributed by atoms with Crippen molar-refractivity contribution in [3.05, 3.63) is 88.3 Å². The lowest BCUT2D eigenvalue weighted by atomic mass is 10.0. The van der Waals surface area contributed by atoms with Gasteiger partial charge in [0.05, 0.1) is 26.0 Å². The van der Waals surface area contributed by atoms with E-state index in [1.54, 1.807) is 25.1 Å². The fraction of sp³-hybridized carbons (Fsp3) is 0.357. The van der Waals surface area contributed by atoms with E-state index in [0.29, 0.717) is 29.2 Å². The lowest BCUT2D eigenvalue weighted by Gasteiger charge is -2.26. The van der Waals surface area contributed by atoms with Crippen molar-refractivity contribution in [1.29, 1.82) is 0 Å². The Kier molecular flexibility index (Phi) is 7.90. The van der Waals surface area contributed by atoms with Gasteiger partial charge in [-0.15, -0.1) is 0 Å². The first-order chi connectivity index (χ1) is 18.5. The number of aromatic nitrogens is 2. The number of benzene rings is 2. The Morgan fingerprint density at radius 1 is 1.11 bits per heavy atom. The van der Waals surface area contributed by atoms with Gasteiger partial charge in [-0.3, -0.25) is 9.69 Å². The lowest BCUT2D eigenvalue weighted by Crippen LogP contribution is -2.35. The second-order valence-electron chi connectivity index (χ2n) is 9.30. The number of amides is 1. The van der Waals surface area contributed by atoms with Crippen LogP contribution in [0.1, 0.15) is 51.2 Å². The Balaban J connectivity index is 1.20. The van der Waals surface area contributed by atoms with Gasteiger partial charge in [-0.1, -0.05) is 35.5 Å². The summed E-state index contributed by atoms with van der Waals surface area (Å²) in [5.41, 5.74) is 4.42. The van der Waals surface area contributed by atoms with E-state index in [0.717, 1.165) is 38.4 Å². The molecule has 2 aliphatic rings. The molecule has 3 aromatic rings. The summed E-state index contributed by atoms with van der Waals surface area (Å²) in [7, 11) is 1.40. The molecule has 1 N–H and O–H groups in total. The van der Waals surface area contributed by atoms with E-state index in [-0.39, 0.29) is 30.0 Å². The monoisotopic (exact) mass is 519 g/mol. The number of oxime groups is 1. The summed E-state index contributed by atoms with van der Waals surface area (Å²) in [6, 6.07) is 14.5. The number of carbonyl (C=O) groups excluding carboxylic acids is 1. The molecule has 10 heteroatoms. The maximum atomic E-state index is 13.7. The summed E-state index contributed by atoms with van der Waals surface area (Å²) >= 11 is 0. The van der Waals surface area contributed by atoms with Crippen LogP contribution in [0, 0.1) is 12.7 Å². The fourth-order valence-corrected chi connectivity index (χ4v) is 4.48. The number of morpholine rings is 1. The van der Waals surface area contributed by atoms with Crippen molar-refractivity contribution in [1.82, 2.24) is 20.2 Å². The van der Waals surface area contributed by atoms with E-state index < -0.39 is 5.82 Å². The fourth-order valence-electron chi connectivity index (χ4n) is 4.48. The number of ether oxygens (including phenoxy) is 2. The highest BCUT2D eigenvalue weighted by Gasteiger charge is 2.26. The minimum Gasteiger partial charge on any atom is -0.494 e. The predicted molar refractivity (Wildman–Crippen MR) is 138 cm³/mol. The normalized spacial score (nSPS) is 17.6. The molecule has 1 unspecified atom stereocenters. The first-order valence-corrected chi connectivity index (χ1v) is 12.6. The second kappa shape index (κ2) is 11.7. The Morgan fingerprint density at radius 2 is 1.87 bits per heavy atom. The zero-order valence-corrected chi connectivity index (χ0v) is 21.4. The van der Waals surface area contributed by atoms with Gasteiger partial charge in [0.2, 0.25) is 0 Å². The smallest absolute Gasteiger partial charge is 0.270 e. The first-order valence-electron chi connectivity index (χ1n) is 12.6. The van der Waals surface area contributed by atoms with Crippen LogP contribution in [0.5, 0.6) is 5.75 Å². The Hall–Kier alpha value is -3.89. The van der Waals surface area contributed by atoms with Crippen molar-refractivity contribution in [3.63, 3.8) is 0 Å². The average molecular weight is 520 g/mol. The molecule has 198 valence electrons. The van der Waals surface area contributed by atoms with Crippen LogP contribution in [0.4, 0.5) is 4.39 Å². The maximum absolute atomic E-state index is 13.7. The van der Waals surface area contributed by atoms with Crippen molar-refractivity contribution in [2.75, 3.05) is 33.4 Å². The molecular formula is C28H30FN5O4. The van der Waals surface area contributed by atoms with Crippen molar-refractivity contribution < 1.29 is 23.5 Å². The molecule has 9 nitrogen and oxygen atoms in total. The molecule has 1 fully saturated rings. The standard InChI is InChI=1S/C28H30FN5O4/c1-18-31-23(14-25(32-18)28(35)30-16-20-5-8-22(29)27(13-20)36-2)24-15-26(38-33-24)21-6-3-19(4-7-21)17-34-9-11-37-12-10-34/h3-8,13-14,26H,9-12,15-17H2,1-2H3,(H,30,35). The number of nitrogens with zero attached hydrogens (tertiary/aromatic N) is 4. The number of halogens is 1. The van der Waals surface area contributed by atoms with Crippen LogP contribution < -0.4 is 10.1 Å². The van der Waals surface area contributed by atoms with Crippen molar-refractivity contribution in [2.24, 2.45) is 5.16 Å². The van der Waals surface area contributed by atoms with Gasteiger partial charge in [-0.05, 0) is 41.8 Å². The topological polar surface area (TPSA) is 98.2 Å². The molecule has 38 heavy (non-hydrogen) atoms. The quantitative estimate of drug-likeness (QED) is 0.486. The molecule has 0 radical (unpaired) electrons. The van der Waals surface area contributed by atoms with E-state index >= 15 is 0 Å². The van der Waals surface area contributed by atoms with Crippen LogP contribution in [-0.4, -0.2) is 59.9 Å². The van der Waals surface area contributed by atoms with Crippen LogP contribution in [-0.2, 0) is 22.7 Å². The summed E-state index contributed by atoms with van der Waals surface area (Å²) in [5, 5.41) is 7.08. The van der Waals surface area contributed by atoms with Crippen molar-refractivity contribution in [3.8, 4) is 5.75 Å². The van der Waals surface area contributed by atoms with E-state index in [4.69, 9.17) is 14.3 Å². The van der Waals surface area contributed by atoms with E-state index in [9.17, 15) is 9.18 Å². The summed E-state index contributed by atoms with van der Waals surface area (Å²) in [5.74, 6) is -0.250. The van der Waals surface area contributed by atoms with Gasteiger partial charge in [0, 0.05) is 32.6 Å². The molecule has 0 saturated carbocycles. The molecule has 3 heterocycles. The minimum absolute atomic E-state index is 0.123. The van der Waals surface area contributed by atoms with Crippen LogP contribution >= 0.6 is 0 Å². The molecule has 0 bridgehead atoms. The van der Waals surface area contributed by atoms with Crippen LogP contribution in [0.2, 0.25) is 0 Å². The van der Waals surface area contributed by atoms with Gasteiger partial charge in [0.15, 0.2) is 17.7 Å². The van der Waals surface area contributed by atoms with Crippen molar-refractivity contribution in [2.45, 2.75) is 32.5 Å². The highest BCUT2D eigenvalue weighted by molar-refractivity contribution is 6.02. The van der Waals surface area contributed by atoms with Gasteiger partial charge in [0.1, 0.15) is 17.2 Å². The second-order valence-corrected chi connectivity index (χ2v) is 9.30.